The number of hydrogen-bond acceptors (Lipinski definition) is 0. The summed E-state index contributed by atoms with van der Waals surface area (Å²) in [5.41, 5.74) is 1.45. The predicted octanol–water partition coefficient (Wildman–Crippen LogP) is 4.59. The van der Waals surface area contributed by atoms with Crippen molar-refractivity contribution in [3.8, 4) is 0 Å². The van der Waals surface area contributed by atoms with Gasteiger partial charge in [-0.1, -0.05) is 38.3 Å². The normalized spacial score (nSPS) is 11.7. The average molecular weight is 191 g/mol. The molecule has 0 aromatic carbocycles. The molecule has 74 valence electrons. The van der Waals surface area contributed by atoms with E-state index in [0.29, 0.717) is 0 Å². The fraction of sp³-hybridized carbons (Fsp3) is 0.818. The summed E-state index contributed by atoms with van der Waals surface area (Å²) in [7, 11) is 0. The first-order chi connectivity index (χ1) is 5.16. The molecule has 0 nitrogen and oxygen atoms in total. The Labute approximate surface area is 83.9 Å². The van der Waals surface area contributed by atoms with Crippen molar-refractivity contribution in [1.82, 2.24) is 0 Å². The third-order valence-corrected chi connectivity index (χ3v) is 1.99. The van der Waals surface area contributed by atoms with E-state index in [1.54, 1.807) is 0 Å². The molecule has 0 saturated heterocycles. The number of allylic oxidation sites excluding steroid dienone is 2. The van der Waals surface area contributed by atoms with Crippen LogP contribution in [0.4, 0.5) is 0 Å². The van der Waals surface area contributed by atoms with Crippen molar-refractivity contribution in [2.24, 2.45) is 5.92 Å². The Morgan fingerprint density at radius 2 is 1.83 bits per heavy atom. The highest BCUT2D eigenvalue weighted by molar-refractivity contribution is 5.85. The summed E-state index contributed by atoms with van der Waals surface area (Å²) < 4.78 is 0. The zero-order chi connectivity index (χ0) is 8.69. The standard InChI is InChI=1S/C11H22.ClH/c1-5-7-11(4)9-6-8-10(2)3;/h8,11H,5-7,9H2,1-4H3;1H/t11-;/m1./s1. The predicted molar refractivity (Wildman–Crippen MR) is 60.0 cm³/mol. The van der Waals surface area contributed by atoms with Gasteiger partial charge in [-0.15, -0.1) is 12.4 Å². The van der Waals surface area contributed by atoms with E-state index >= 15 is 0 Å². The SMILES string of the molecule is CCC[C@@H](C)CCC=C(C)C.Cl. The fourth-order valence-corrected chi connectivity index (χ4v) is 1.29. The summed E-state index contributed by atoms with van der Waals surface area (Å²) in [6.45, 7) is 8.95. The molecule has 0 aliphatic carbocycles. The van der Waals surface area contributed by atoms with Crippen LogP contribution in [0.25, 0.3) is 0 Å². The van der Waals surface area contributed by atoms with Crippen LogP contribution >= 0.6 is 12.4 Å². The summed E-state index contributed by atoms with van der Waals surface area (Å²) in [6, 6.07) is 0. The molecule has 0 aromatic rings. The first-order valence-electron chi connectivity index (χ1n) is 4.80. The van der Waals surface area contributed by atoms with Gasteiger partial charge in [-0.05, 0) is 32.6 Å². The van der Waals surface area contributed by atoms with Crippen LogP contribution < -0.4 is 0 Å². The molecule has 0 fully saturated rings. The highest BCUT2D eigenvalue weighted by Crippen LogP contribution is 2.12. The maximum absolute atomic E-state index is 2.35. The van der Waals surface area contributed by atoms with Gasteiger partial charge in [0.15, 0.2) is 0 Å². The Morgan fingerprint density at radius 3 is 2.25 bits per heavy atom. The summed E-state index contributed by atoms with van der Waals surface area (Å²) in [5, 5.41) is 0. The Bertz CT molecular complexity index is 112. The smallest absolute Gasteiger partial charge is 0.0346 e. The van der Waals surface area contributed by atoms with Gasteiger partial charge in [0.2, 0.25) is 0 Å². The van der Waals surface area contributed by atoms with Crippen molar-refractivity contribution in [3.63, 3.8) is 0 Å². The summed E-state index contributed by atoms with van der Waals surface area (Å²) >= 11 is 0. The Balaban J connectivity index is 0. The first kappa shape index (κ1) is 14.5. The molecule has 0 aliphatic heterocycles. The molecule has 12 heavy (non-hydrogen) atoms. The summed E-state index contributed by atoms with van der Waals surface area (Å²) in [5.74, 6) is 0.913. The van der Waals surface area contributed by atoms with Crippen LogP contribution in [-0.2, 0) is 0 Å². The third kappa shape index (κ3) is 10.0. The van der Waals surface area contributed by atoms with E-state index in [9.17, 15) is 0 Å². The molecule has 0 saturated carbocycles. The van der Waals surface area contributed by atoms with Crippen molar-refractivity contribution in [1.29, 1.82) is 0 Å². The van der Waals surface area contributed by atoms with Gasteiger partial charge in [-0.25, -0.2) is 0 Å². The minimum atomic E-state index is 0. The van der Waals surface area contributed by atoms with E-state index < -0.39 is 0 Å². The highest BCUT2D eigenvalue weighted by Gasteiger charge is 1.97. The molecule has 0 aliphatic rings. The van der Waals surface area contributed by atoms with Gasteiger partial charge in [0.25, 0.3) is 0 Å². The molecule has 0 heterocycles. The molecule has 1 atom stereocenters. The van der Waals surface area contributed by atoms with Crippen molar-refractivity contribution < 1.29 is 0 Å². The van der Waals surface area contributed by atoms with Crippen LogP contribution in [0, 0.1) is 5.92 Å². The van der Waals surface area contributed by atoms with Crippen LogP contribution in [0.3, 0.4) is 0 Å². The van der Waals surface area contributed by atoms with Gasteiger partial charge >= 0.3 is 0 Å². The van der Waals surface area contributed by atoms with Crippen molar-refractivity contribution in [2.45, 2.75) is 53.4 Å². The van der Waals surface area contributed by atoms with Crippen LogP contribution in [0.1, 0.15) is 53.4 Å². The van der Waals surface area contributed by atoms with Crippen molar-refractivity contribution >= 4 is 12.4 Å². The average Bonchev–Trinajstić information content (AvgIpc) is 1.87. The van der Waals surface area contributed by atoms with Crippen LogP contribution in [0.5, 0.6) is 0 Å². The van der Waals surface area contributed by atoms with E-state index in [-0.39, 0.29) is 12.4 Å². The van der Waals surface area contributed by atoms with Gasteiger partial charge in [0.1, 0.15) is 0 Å². The maximum Gasteiger partial charge on any atom is -0.0346 e. The zero-order valence-corrected chi connectivity index (χ0v) is 9.71. The monoisotopic (exact) mass is 190 g/mol. The van der Waals surface area contributed by atoms with Gasteiger partial charge in [-0.2, -0.15) is 0 Å². The second-order valence-electron chi connectivity index (χ2n) is 3.75. The minimum Gasteiger partial charge on any atom is -0.147 e. The number of halogens is 1. The molecule has 0 radical (unpaired) electrons. The largest absolute Gasteiger partial charge is 0.147 e. The minimum absolute atomic E-state index is 0. The zero-order valence-electron chi connectivity index (χ0n) is 8.89. The quantitative estimate of drug-likeness (QED) is 0.557. The van der Waals surface area contributed by atoms with Gasteiger partial charge in [0, 0.05) is 0 Å². The number of rotatable bonds is 5. The lowest BCUT2D eigenvalue weighted by Crippen LogP contribution is -1.92. The molecule has 1 heteroatoms. The summed E-state index contributed by atoms with van der Waals surface area (Å²) in [4.78, 5) is 0. The molecule has 0 bridgehead atoms. The van der Waals surface area contributed by atoms with E-state index in [1.807, 2.05) is 0 Å². The van der Waals surface area contributed by atoms with E-state index in [2.05, 4.69) is 33.8 Å². The van der Waals surface area contributed by atoms with Crippen LogP contribution in [0.15, 0.2) is 11.6 Å². The molecule has 0 amide bonds. The number of hydrogen-bond donors (Lipinski definition) is 0. The molecule has 0 N–H and O–H groups in total. The third-order valence-electron chi connectivity index (χ3n) is 1.99. The van der Waals surface area contributed by atoms with E-state index in [0.717, 1.165) is 5.92 Å². The molecule has 0 rings (SSSR count). The summed E-state index contributed by atoms with van der Waals surface area (Å²) in [6.07, 6.45) is 7.68. The van der Waals surface area contributed by atoms with E-state index in [1.165, 1.54) is 31.3 Å². The molecule has 0 aromatic heterocycles. The molecular formula is C11H23Cl. The van der Waals surface area contributed by atoms with Gasteiger partial charge < -0.3 is 0 Å². The molecule has 0 unspecified atom stereocenters. The lowest BCUT2D eigenvalue weighted by atomic mass is 10.00. The fourth-order valence-electron chi connectivity index (χ4n) is 1.29. The topological polar surface area (TPSA) is 0 Å². The van der Waals surface area contributed by atoms with Crippen LogP contribution in [0.2, 0.25) is 0 Å². The second-order valence-corrected chi connectivity index (χ2v) is 3.75. The molecular weight excluding hydrogens is 168 g/mol. The van der Waals surface area contributed by atoms with E-state index in [4.69, 9.17) is 0 Å². The second kappa shape index (κ2) is 9.12. The van der Waals surface area contributed by atoms with Gasteiger partial charge in [0.05, 0.1) is 0 Å². The highest BCUT2D eigenvalue weighted by atomic mass is 35.5. The first-order valence-corrected chi connectivity index (χ1v) is 4.80. The van der Waals surface area contributed by atoms with Crippen molar-refractivity contribution in [3.05, 3.63) is 11.6 Å². The lowest BCUT2D eigenvalue weighted by Gasteiger charge is -2.06. The van der Waals surface area contributed by atoms with Gasteiger partial charge in [-0.3, -0.25) is 0 Å². The molecule has 0 spiro atoms. The van der Waals surface area contributed by atoms with Crippen molar-refractivity contribution in [2.75, 3.05) is 0 Å². The van der Waals surface area contributed by atoms with Crippen LogP contribution in [-0.4, -0.2) is 0 Å². The Kier molecular flexibility index (Phi) is 11.1. The Hall–Kier alpha value is 0.0300. The lowest BCUT2D eigenvalue weighted by molar-refractivity contribution is 0.490. The maximum atomic E-state index is 2.35. The Morgan fingerprint density at radius 1 is 1.25 bits per heavy atom.